The molecule has 9 rings (SSSR count). The fraction of sp³-hybridized carbons (Fsp3) is 0.568. The molecule has 11 nitrogen and oxygen atoms in total. The number of piperazine rings is 1. The van der Waals surface area contributed by atoms with Gasteiger partial charge in [0.25, 0.3) is 11.5 Å². The number of pyridine rings is 2. The molecule has 2 amide bonds. The van der Waals surface area contributed by atoms with Crippen molar-refractivity contribution in [3.63, 3.8) is 0 Å². The van der Waals surface area contributed by atoms with E-state index in [1.54, 1.807) is 6.20 Å². The summed E-state index contributed by atoms with van der Waals surface area (Å²) in [5.74, 6) is 1.72. The van der Waals surface area contributed by atoms with Gasteiger partial charge in [0.1, 0.15) is 5.82 Å². The molecule has 3 aromatic heterocycles. The molecular weight excluding hydrogens is 689 g/mol. The first-order valence-electron chi connectivity index (χ1n) is 20.4. The van der Waals surface area contributed by atoms with Crippen molar-refractivity contribution < 1.29 is 9.59 Å². The van der Waals surface area contributed by atoms with Crippen LogP contribution in [0.15, 0.2) is 47.5 Å². The Balaban J connectivity index is 0.876. The summed E-state index contributed by atoms with van der Waals surface area (Å²) in [5, 5.41) is 11.7. The van der Waals surface area contributed by atoms with Crippen LogP contribution in [0.4, 0.5) is 5.82 Å². The SMILES string of the molecule is Cc1cc(C)c(CNC(=O)c2cc(-c3ccc(N4CCN(CCNC(=O)CC56CC7C[C@@](C)(C5)C[C@](C)(C7)C6)CC4)nc3)cc3c2cnn3C(C)C)c(=O)[nH]1. The number of rotatable bonds is 11. The van der Waals surface area contributed by atoms with E-state index in [0.717, 1.165) is 77.7 Å². The molecule has 292 valence electrons. The van der Waals surface area contributed by atoms with Gasteiger partial charge in [0, 0.05) is 86.7 Å². The number of amides is 2. The molecule has 0 spiro atoms. The summed E-state index contributed by atoms with van der Waals surface area (Å²) in [4.78, 5) is 52.0. The molecule has 4 heterocycles. The van der Waals surface area contributed by atoms with Crippen molar-refractivity contribution in [2.45, 2.75) is 99.1 Å². The summed E-state index contributed by atoms with van der Waals surface area (Å²) in [7, 11) is 0. The van der Waals surface area contributed by atoms with Crippen molar-refractivity contribution in [2.75, 3.05) is 44.2 Å². The lowest BCUT2D eigenvalue weighted by molar-refractivity contribution is -0.156. The highest BCUT2D eigenvalue weighted by molar-refractivity contribution is 6.08. The topological polar surface area (TPSA) is 128 Å². The Morgan fingerprint density at radius 1 is 0.927 bits per heavy atom. The number of nitrogens with one attached hydrogen (secondary N) is 3. The van der Waals surface area contributed by atoms with Gasteiger partial charge >= 0.3 is 0 Å². The number of aromatic nitrogens is 4. The van der Waals surface area contributed by atoms with E-state index in [1.807, 2.05) is 36.9 Å². The summed E-state index contributed by atoms with van der Waals surface area (Å²) in [6.45, 7) is 18.1. The zero-order valence-corrected chi connectivity index (χ0v) is 33.6. The average molecular weight is 747 g/mol. The molecule has 5 fully saturated rings. The molecule has 4 aliphatic carbocycles. The number of hydrogen-bond acceptors (Lipinski definition) is 7. The summed E-state index contributed by atoms with van der Waals surface area (Å²) < 4.78 is 1.93. The van der Waals surface area contributed by atoms with Crippen LogP contribution in [0.5, 0.6) is 0 Å². The largest absolute Gasteiger partial charge is 0.355 e. The Kier molecular flexibility index (Phi) is 9.67. The maximum atomic E-state index is 13.7. The van der Waals surface area contributed by atoms with Crippen molar-refractivity contribution in [3.05, 3.63) is 75.5 Å². The standard InChI is InChI=1S/C44H58N8O3/c1-28(2)52-37-17-33(16-34(36(37)24-48-52)40(54)47-23-35-29(3)15-30(4)49-41(35)55)32-7-8-38(46-22-32)51-13-11-50(12-14-51)10-9-45-39(53)21-44-20-31-18-42(5,26-44)25-43(6,19-31)27-44/h7-8,15-17,22,24,28,31H,9-14,18-21,23,25-27H2,1-6H3,(H,45,53)(H,47,54)(H,49,55)/t31?,42-,43+,44?. The number of hydrogen-bond donors (Lipinski definition) is 3. The van der Waals surface area contributed by atoms with Crippen LogP contribution in [-0.2, 0) is 11.3 Å². The number of anilines is 1. The van der Waals surface area contributed by atoms with Crippen molar-refractivity contribution in [1.29, 1.82) is 0 Å². The van der Waals surface area contributed by atoms with Gasteiger partial charge in [-0.2, -0.15) is 5.10 Å². The van der Waals surface area contributed by atoms with Crippen molar-refractivity contribution in [1.82, 2.24) is 35.3 Å². The van der Waals surface area contributed by atoms with E-state index >= 15 is 0 Å². The van der Waals surface area contributed by atoms with Crippen molar-refractivity contribution >= 4 is 28.5 Å². The number of aromatic amines is 1. The number of carbonyl (C=O) groups excluding carboxylic acids is 2. The van der Waals surface area contributed by atoms with Gasteiger partial charge in [-0.15, -0.1) is 0 Å². The van der Waals surface area contributed by atoms with E-state index in [0.29, 0.717) is 34.9 Å². The number of carbonyl (C=O) groups is 2. The highest BCUT2D eigenvalue weighted by atomic mass is 16.2. The second kappa shape index (κ2) is 14.2. The number of benzene rings is 1. The Labute approximate surface area is 324 Å². The first kappa shape index (κ1) is 37.4. The number of fused-ring (bicyclic) bond motifs is 1. The van der Waals surface area contributed by atoms with Gasteiger partial charge in [0.05, 0.1) is 17.3 Å². The molecule has 0 radical (unpaired) electrons. The third-order valence-corrected chi connectivity index (χ3v) is 13.2. The minimum Gasteiger partial charge on any atom is -0.355 e. The third-order valence-electron chi connectivity index (χ3n) is 13.2. The molecule has 1 saturated heterocycles. The smallest absolute Gasteiger partial charge is 0.253 e. The lowest BCUT2D eigenvalue weighted by atomic mass is 9.40. The maximum absolute atomic E-state index is 13.7. The third kappa shape index (κ3) is 7.56. The first-order chi connectivity index (χ1) is 26.2. The quantitative estimate of drug-likeness (QED) is 0.159. The van der Waals surface area contributed by atoms with Crippen LogP contribution in [-0.4, -0.2) is 75.7 Å². The number of H-pyrrole nitrogens is 1. The highest BCUT2D eigenvalue weighted by Gasteiger charge is 2.60. The van der Waals surface area contributed by atoms with Crippen LogP contribution in [0.2, 0.25) is 0 Å². The van der Waals surface area contributed by atoms with Crippen LogP contribution in [0.3, 0.4) is 0 Å². The molecule has 1 aliphatic heterocycles. The van der Waals surface area contributed by atoms with E-state index in [9.17, 15) is 14.4 Å². The van der Waals surface area contributed by atoms with Gasteiger partial charge in [0.2, 0.25) is 5.91 Å². The van der Waals surface area contributed by atoms with Crippen LogP contribution >= 0.6 is 0 Å². The van der Waals surface area contributed by atoms with E-state index < -0.39 is 0 Å². The monoisotopic (exact) mass is 746 g/mol. The fourth-order valence-corrected chi connectivity index (χ4v) is 11.9. The molecule has 4 aromatic rings. The molecule has 1 aromatic carbocycles. The van der Waals surface area contributed by atoms with Gasteiger partial charge in [0.15, 0.2) is 0 Å². The molecular formula is C44H58N8O3. The Bertz CT molecular complexity index is 2140. The van der Waals surface area contributed by atoms with E-state index in [-0.39, 0.29) is 35.4 Å². The van der Waals surface area contributed by atoms with E-state index in [1.165, 1.54) is 38.5 Å². The van der Waals surface area contributed by atoms with Gasteiger partial charge < -0.3 is 20.5 Å². The first-order valence-corrected chi connectivity index (χ1v) is 20.4. The second-order valence-electron chi connectivity index (χ2n) is 18.7. The molecule has 4 saturated carbocycles. The van der Waals surface area contributed by atoms with Crippen LogP contribution in [0.1, 0.15) is 106 Å². The predicted octanol–water partition coefficient (Wildman–Crippen LogP) is 6.54. The average Bonchev–Trinajstić information content (AvgIpc) is 3.54. The number of nitrogens with zero attached hydrogens (tertiary/aromatic N) is 5. The Morgan fingerprint density at radius 2 is 1.67 bits per heavy atom. The summed E-state index contributed by atoms with van der Waals surface area (Å²) in [6.07, 6.45) is 12.1. The second-order valence-corrected chi connectivity index (χ2v) is 18.7. The highest BCUT2D eigenvalue weighted by Crippen LogP contribution is 2.70. The molecule has 55 heavy (non-hydrogen) atoms. The lowest BCUT2D eigenvalue weighted by Gasteiger charge is -2.65. The molecule has 4 bridgehead atoms. The normalized spacial score (nSPS) is 26.2. The van der Waals surface area contributed by atoms with Gasteiger partial charge in [-0.3, -0.25) is 24.0 Å². The van der Waals surface area contributed by atoms with Crippen molar-refractivity contribution in [3.8, 4) is 11.1 Å². The summed E-state index contributed by atoms with van der Waals surface area (Å²) >= 11 is 0. The minimum absolute atomic E-state index is 0.103. The Hall–Kier alpha value is -4.51. The van der Waals surface area contributed by atoms with Crippen LogP contribution in [0.25, 0.3) is 22.0 Å². The maximum Gasteiger partial charge on any atom is 0.253 e. The minimum atomic E-state index is -0.261. The molecule has 11 heteroatoms. The van der Waals surface area contributed by atoms with E-state index in [4.69, 9.17) is 4.98 Å². The van der Waals surface area contributed by atoms with Gasteiger partial charge in [-0.05, 0) is 130 Å². The molecule has 2 unspecified atom stereocenters. The number of aryl methyl sites for hydroxylation is 2. The summed E-state index contributed by atoms with van der Waals surface area (Å²) in [5.41, 5.74) is 6.24. The van der Waals surface area contributed by atoms with E-state index in [2.05, 4.69) is 76.4 Å². The van der Waals surface area contributed by atoms with Crippen LogP contribution in [0, 0.1) is 36.0 Å². The van der Waals surface area contributed by atoms with Crippen molar-refractivity contribution in [2.24, 2.45) is 22.2 Å². The predicted molar refractivity (Wildman–Crippen MR) is 217 cm³/mol. The van der Waals surface area contributed by atoms with Gasteiger partial charge in [-0.25, -0.2) is 4.98 Å². The molecule has 5 aliphatic rings. The fourth-order valence-electron chi connectivity index (χ4n) is 11.9. The Morgan fingerprint density at radius 3 is 2.33 bits per heavy atom. The molecule has 4 atom stereocenters. The van der Waals surface area contributed by atoms with Gasteiger partial charge in [-0.1, -0.05) is 13.8 Å². The zero-order valence-electron chi connectivity index (χ0n) is 33.6. The lowest BCUT2D eigenvalue weighted by Crippen LogP contribution is -2.56. The zero-order chi connectivity index (χ0) is 38.7. The molecule has 3 N–H and O–H groups in total. The summed E-state index contributed by atoms with van der Waals surface area (Å²) in [6, 6.07) is 10.1. The van der Waals surface area contributed by atoms with Crippen LogP contribution < -0.4 is 21.1 Å².